The van der Waals surface area contributed by atoms with Gasteiger partial charge in [-0.25, -0.2) is 9.59 Å². The summed E-state index contributed by atoms with van der Waals surface area (Å²) in [5.74, 6) is 8.19. The minimum Gasteiger partial charge on any atom is -0.469 e. The highest BCUT2D eigenvalue weighted by molar-refractivity contribution is 5.85. The van der Waals surface area contributed by atoms with E-state index in [9.17, 15) is 29.4 Å². The molecule has 0 bridgehead atoms. The number of hydrogen-bond donors (Lipinski definition) is 3. The second-order valence-corrected chi connectivity index (χ2v) is 26.4. The SMILES string of the molecule is CC#C[C@]1(O)CCC2C3CC=C4CC(=O)CCC4=C3[C@@H](c3ccc(N(C)CCO[C@H]4CC[C@@]5(C)[C@@H](C4)C[C@@H](OC(=O)OCCNC(=O)OC(C)(C)C)[C@@H]4[C@@H]5C[C@H](O)[C@]5(C)C([C@H](C)CCC(=O)OC)CC[C@@H]45)cc3)C[C@@]21C. The number of ketones is 1. The minimum atomic E-state index is -1.02. The topological polar surface area (TPSA) is 170 Å². The van der Waals surface area contributed by atoms with E-state index in [-0.39, 0.29) is 77.5 Å². The third kappa shape index (κ3) is 10.6. The number of carbonyl (C=O) groups is 4. The maximum absolute atomic E-state index is 13.6. The van der Waals surface area contributed by atoms with Gasteiger partial charge >= 0.3 is 18.2 Å². The van der Waals surface area contributed by atoms with Crippen molar-refractivity contribution >= 4 is 29.7 Å². The van der Waals surface area contributed by atoms with Gasteiger partial charge in [-0.2, -0.15) is 0 Å². The number of amides is 1. The van der Waals surface area contributed by atoms with Gasteiger partial charge in [0, 0.05) is 55.8 Å². The molecule has 3 unspecified atom stereocenters. The van der Waals surface area contributed by atoms with Crippen LogP contribution in [0.2, 0.25) is 0 Å². The molecule has 16 atom stereocenters. The normalized spacial score (nSPS) is 37.8. The Morgan fingerprint density at radius 1 is 0.961 bits per heavy atom. The summed E-state index contributed by atoms with van der Waals surface area (Å²) in [7, 11) is 3.54. The lowest BCUT2D eigenvalue weighted by atomic mass is 9.43. The van der Waals surface area contributed by atoms with E-state index in [1.54, 1.807) is 20.8 Å². The molecular weight excluding hydrogens is 961 g/mol. The van der Waals surface area contributed by atoms with E-state index >= 15 is 0 Å². The van der Waals surface area contributed by atoms with E-state index in [4.69, 9.17) is 23.7 Å². The lowest BCUT2D eigenvalue weighted by Crippen LogP contribution is -2.63. The number of rotatable bonds is 14. The number of aliphatic hydroxyl groups excluding tert-OH is 1. The molecule has 0 radical (unpaired) electrons. The number of nitrogens with one attached hydrogen (secondary N) is 1. The maximum atomic E-state index is 13.6. The highest BCUT2D eigenvalue weighted by Crippen LogP contribution is 2.70. The monoisotopic (exact) mass is 1050 g/mol. The average molecular weight is 1050 g/mol. The van der Waals surface area contributed by atoms with E-state index in [1.807, 2.05) is 6.92 Å². The molecule has 9 rings (SSSR count). The second-order valence-electron chi connectivity index (χ2n) is 26.4. The quantitative estimate of drug-likeness (QED) is 0.0698. The Labute approximate surface area is 453 Å². The van der Waals surface area contributed by atoms with Crippen LogP contribution in [-0.4, -0.2) is 104 Å². The molecule has 3 N–H and O–H groups in total. The number of fused-ring (bicyclic) bond motifs is 9. The van der Waals surface area contributed by atoms with Gasteiger partial charge in [0.1, 0.15) is 29.7 Å². The number of hydrogen-bond acceptors (Lipinski definition) is 12. The number of esters is 1. The summed E-state index contributed by atoms with van der Waals surface area (Å²) in [6, 6.07) is 9.03. The number of methoxy groups -OCH3 is 1. The van der Waals surface area contributed by atoms with Gasteiger partial charge in [-0.05, 0) is 192 Å². The van der Waals surface area contributed by atoms with E-state index in [0.717, 1.165) is 63.5 Å². The molecule has 1 aromatic carbocycles. The second kappa shape index (κ2) is 22.0. The van der Waals surface area contributed by atoms with Crippen LogP contribution in [0.5, 0.6) is 0 Å². The molecule has 76 heavy (non-hydrogen) atoms. The molecule has 1 aromatic rings. The van der Waals surface area contributed by atoms with Gasteiger partial charge in [-0.1, -0.05) is 57.4 Å². The first-order valence-corrected chi connectivity index (χ1v) is 29.1. The van der Waals surface area contributed by atoms with Crippen LogP contribution >= 0.6 is 0 Å². The fraction of sp³-hybridized carbons (Fsp3) is 0.746. The Balaban J connectivity index is 0.866. The number of carbonyl (C=O) groups excluding carboxylic acids is 4. The molecule has 0 heterocycles. The zero-order valence-electron chi connectivity index (χ0n) is 47.5. The molecule has 7 fully saturated rings. The van der Waals surface area contributed by atoms with Gasteiger partial charge < -0.3 is 44.1 Å². The van der Waals surface area contributed by atoms with Gasteiger partial charge in [-0.15, -0.1) is 5.92 Å². The lowest BCUT2D eigenvalue weighted by molar-refractivity contribution is -0.211. The summed E-state index contributed by atoms with van der Waals surface area (Å²) in [6.07, 6.45) is 12.4. The van der Waals surface area contributed by atoms with E-state index < -0.39 is 41.1 Å². The molecule has 0 saturated heterocycles. The van der Waals surface area contributed by atoms with Crippen molar-refractivity contribution in [2.24, 2.45) is 63.6 Å². The molecule has 1 amide bonds. The third-order valence-electron chi connectivity index (χ3n) is 21.5. The van der Waals surface area contributed by atoms with Gasteiger partial charge in [0.15, 0.2) is 0 Å². The average Bonchev–Trinajstić information content (AvgIpc) is 4.00. The number of ether oxygens (including phenoxy) is 5. The van der Waals surface area contributed by atoms with Gasteiger partial charge in [-0.3, -0.25) is 9.59 Å². The molecule has 0 spiro atoms. The van der Waals surface area contributed by atoms with Crippen LogP contribution in [0.25, 0.3) is 0 Å². The molecule has 8 aliphatic rings. The standard InChI is InChI=1S/C63H90N2O11/c1-11-26-63(71)28-25-49-46-19-15-40-33-43(66)18-20-45(40)55(46)47(37-61(49,63)7)39-13-16-42(17-14-39)65(9)30-32-73-44-24-27-60(6)41(34-44)35-52(75-58(70)74-31-29-64-57(69)76-59(3,4)5)56-50-22-21-48(38(2)12-23-54(68)72-10)62(50,8)53(67)36-51(56)60/h13-17,38,41,44,46-53,56,67,71H,12,18-25,27-37H2,1-10H3,(H,64,69)/t38-,41+,44+,46?,47-,48?,49?,50+,51+,52-,53+,56+,60+,61+,62-,63+/m1/s1. The van der Waals surface area contributed by atoms with Gasteiger partial charge in [0.2, 0.25) is 0 Å². The largest absolute Gasteiger partial charge is 0.508 e. The van der Waals surface area contributed by atoms with Crippen LogP contribution < -0.4 is 10.2 Å². The van der Waals surface area contributed by atoms with Gasteiger partial charge in [0.25, 0.3) is 0 Å². The zero-order valence-corrected chi connectivity index (χ0v) is 47.5. The number of alkyl carbamates (subject to hydrolysis) is 1. The Bertz CT molecular complexity index is 2470. The predicted octanol–water partition coefficient (Wildman–Crippen LogP) is 11.0. The van der Waals surface area contributed by atoms with Crippen LogP contribution in [0.1, 0.15) is 170 Å². The molecule has 7 saturated carbocycles. The van der Waals surface area contributed by atoms with E-state index in [2.05, 4.69) is 87.1 Å². The molecular formula is C63H90N2O11. The summed E-state index contributed by atoms with van der Waals surface area (Å²) in [6.45, 7) is 17.7. The fourth-order valence-corrected chi connectivity index (χ4v) is 17.5. The number of Topliss-reactive ketones (excluding diaryl/α,β-unsaturated/α-hetero) is 1. The third-order valence-corrected chi connectivity index (χ3v) is 21.5. The fourth-order valence-electron chi connectivity index (χ4n) is 17.5. The summed E-state index contributed by atoms with van der Waals surface area (Å²) in [5.41, 5.74) is 4.02. The minimum absolute atomic E-state index is 0.0329. The van der Waals surface area contributed by atoms with E-state index in [0.29, 0.717) is 75.7 Å². The predicted molar refractivity (Wildman–Crippen MR) is 291 cm³/mol. The maximum Gasteiger partial charge on any atom is 0.508 e. The van der Waals surface area contributed by atoms with Crippen molar-refractivity contribution in [2.75, 3.05) is 45.4 Å². The van der Waals surface area contributed by atoms with E-state index in [1.165, 1.54) is 29.4 Å². The number of aliphatic hydroxyl groups is 2. The molecule has 418 valence electrons. The van der Waals surface area contributed by atoms with Crippen LogP contribution in [0.3, 0.4) is 0 Å². The van der Waals surface area contributed by atoms with Crippen molar-refractivity contribution in [3.8, 4) is 11.8 Å². The van der Waals surface area contributed by atoms with Gasteiger partial charge in [0.05, 0.1) is 32.5 Å². The number of nitrogens with zero attached hydrogens (tertiary/aromatic N) is 1. The first kappa shape index (κ1) is 56.3. The zero-order chi connectivity index (χ0) is 54.5. The highest BCUT2D eigenvalue weighted by atomic mass is 16.7. The summed E-state index contributed by atoms with van der Waals surface area (Å²) in [4.78, 5) is 53.1. The van der Waals surface area contributed by atoms with Crippen molar-refractivity contribution in [1.82, 2.24) is 5.32 Å². The summed E-state index contributed by atoms with van der Waals surface area (Å²) in [5, 5.41) is 27.2. The molecule has 13 heteroatoms. The first-order valence-electron chi connectivity index (χ1n) is 29.1. The first-order chi connectivity index (χ1) is 36.0. The summed E-state index contributed by atoms with van der Waals surface area (Å²) < 4.78 is 29.2. The van der Waals surface area contributed by atoms with Crippen molar-refractivity contribution in [3.05, 3.63) is 52.6 Å². The molecule has 0 aliphatic heterocycles. The van der Waals surface area contributed by atoms with Crippen molar-refractivity contribution in [2.45, 2.75) is 194 Å². The molecule has 0 aromatic heterocycles. The molecule has 13 nitrogen and oxygen atoms in total. The Morgan fingerprint density at radius 3 is 2.45 bits per heavy atom. The Hall–Kier alpha value is -4.38. The number of benzene rings is 1. The van der Waals surface area contributed by atoms with Crippen LogP contribution in [0.4, 0.5) is 15.3 Å². The van der Waals surface area contributed by atoms with Crippen molar-refractivity contribution < 1.29 is 53.1 Å². The Kier molecular flexibility index (Phi) is 16.3. The van der Waals surface area contributed by atoms with Crippen LogP contribution in [-0.2, 0) is 33.3 Å². The van der Waals surface area contributed by atoms with Crippen LogP contribution in [0.15, 0.2) is 47.1 Å². The van der Waals surface area contributed by atoms with Crippen molar-refractivity contribution in [1.29, 1.82) is 0 Å². The van der Waals surface area contributed by atoms with Crippen molar-refractivity contribution in [3.63, 3.8) is 0 Å². The summed E-state index contributed by atoms with van der Waals surface area (Å²) >= 11 is 0. The number of likely N-dealkylation sites (N-methyl/N-ethyl adjacent to an activating group) is 1. The van der Waals surface area contributed by atoms with Crippen LogP contribution in [0, 0.1) is 75.4 Å². The number of allylic oxidation sites excluding steroid dienone is 4. The number of anilines is 1. The lowest BCUT2D eigenvalue weighted by Gasteiger charge is -2.64. The highest BCUT2D eigenvalue weighted by Gasteiger charge is 2.67. The smallest absolute Gasteiger partial charge is 0.469 e. The Morgan fingerprint density at radius 2 is 1.72 bits per heavy atom. The molecule has 8 aliphatic carbocycles.